The summed E-state index contributed by atoms with van der Waals surface area (Å²) in [5.74, 6) is -0.842. The van der Waals surface area contributed by atoms with E-state index in [1.165, 1.54) is 0 Å². The minimum absolute atomic E-state index is 0.171. The molecule has 0 aromatic rings. The number of ether oxygens (including phenoxy) is 1. The first-order valence-electron chi connectivity index (χ1n) is 4.11. The van der Waals surface area contributed by atoms with Crippen molar-refractivity contribution in [3.8, 4) is 0 Å². The number of carboxylic acid groups (broad SMARTS) is 1. The Labute approximate surface area is 66.4 Å². The predicted molar refractivity (Wildman–Crippen MR) is 40.4 cm³/mol. The lowest BCUT2D eigenvalue weighted by molar-refractivity contribution is -0.143. The van der Waals surface area contributed by atoms with Crippen molar-refractivity contribution in [1.82, 2.24) is 0 Å². The van der Waals surface area contributed by atoms with Gasteiger partial charge in [0.25, 0.3) is 0 Å². The zero-order valence-electron chi connectivity index (χ0n) is 6.58. The topological polar surface area (TPSA) is 46.5 Å². The first-order valence-corrected chi connectivity index (χ1v) is 4.11. The highest BCUT2D eigenvalue weighted by Gasteiger charge is 2.17. The summed E-state index contributed by atoms with van der Waals surface area (Å²) in [6.45, 7) is 1.41. The van der Waals surface area contributed by atoms with Crippen molar-refractivity contribution in [3.05, 3.63) is 0 Å². The van der Waals surface area contributed by atoms with Gasteiger partial charge in [-0.3, -0.25) is 4.79 Å². The summed E-state index contributed by atoms with van der Waals surface area (Å²) in [6.07, 6.45) is 3.48. The Hall–Kier alpha value is -0.570. The summed E-state index contributed by atoms with van der Waals surface area (Å²) >= 11 is 0. The van der Waals surface area contributed by atoms with Gasteiger partial charge in [-0.25, -0.2) is 0 Å². The van der Waals surface area contributed by atoms with Gasteiger partial charge in [0, 0.05) is 13.2 Å². The van der Waals surface area contributed by atoms with E-state index in [-0.39, 0.29) is 5.92 Å². The van der Waals surface area contributed by atoms with Crippen LogP contribution in [0.3, 0.4) is 0 Å². The summed E-state index contributed by atoms with van der Waals surface area (Å²) in [4.78, 5) is 10.6. The SMILES string of the molecule is O=C(O)C1CCCCOCC1. The lowest BCUT2D eigenvalue weighted by Crippen LogP contribution is -2.18. The van der Waals surface area contributed by atoms with Crippen LogP contribution >= 0.6 is 0 Å². The second-order valence-corrected chi connectivity index (χ2v) is 2.93. The van der Waals surface area contributed by atoms with E-state index < -0.39 is 5.97 Å². The van der Waals surface area contributed by atoms with Gasteiger partial charge in [0.15, 0.2) is 0 Å². The largest absolute Gasteiger partial charge is 0.481 e. The standard InChI is InChI=1S/C8H14O3/c9-8(10)7-3-1-2-5-11-6-4-7/h7H,1-6H2,(H,9,10). The van der Waals surface area contributed by atoms with Gasteiger partial charge < -0.3 is 9.84 Å². The lowest BCUT2D eigenvalue weighted by atomic mass is 9.98. The molecule has 1 unspecified atom stereocenters. The minimum atomic E-state index is -0.671. The number of rotatable bonds is 1. The molecule has 0 radical (unpaired) electrons. The Morgan fingerprint density at radius 1 is 1.27 bits per heavy atom. The van der Waals surface area contributed by atoms with E-state index in [0.29, 0.717) is 13.0 Å². The van der Waals surface area contributed by atoms with E-state index >= 15 is 0 Å². The van der Waals surface area contributed by atoms with Gasteiger partial charge in [-0.2, -0.15) is 0 Å². The Morgan fingerprint density at radius 2 is 2.09 bits per heavy atom. The fraction of sp³-hybridized carbons (Fsp3) is 0.875. The van der Waals surface area contributed by atoms with E-state index in [2.05, 4.69) is 0 Å². The molecule has 1 saturated heterocycles. The third kappa shape index (κ3) is 2.89. The Balaban J connectivity index is 2.32. The van der Waals surface area contributed by atoms with E-state index in [1.54, 1.807) is 0 Å². The molecule has 0 saturated carbocycles. The van der Waals surface area contributed by atoms with Crippen LogP contribution in [-0.4, -0.2) is 24.3 Å². The molecule has 0 aromatic heterocycles. The van der Waals surface area contributed by atoms with Crippen molar-refractivity contribution in [1.29, 1.82) is 0 Å². The fourth-order valence-corrected chi connectivity index (χ4v) is 1.31. The summed E-state index contributed by atoms with van der Waals surface area (Å²) < 4.78 is 5.19. The molecule has 1 atom stereocenters. The highest BCUT2D eigenvalue weighted by Crippen LogP contribution is 2.15. The van der Waals surface area contributed by atoms with Crippen LogP contribution in [0, 0.1) is 5.92 Å². The molecule has 0 aromatic carbocycles. The van der Waals surface area contributed by atoms with Crippen LogP contribution in [0.4, 0.5) is 0 Å². The van der Waals surface area contributed by atoms with E-state index in [0.717, 1.165) is 25.9 Å². The molecule has 1 N–H and O–H groups in total. The highest BCUT2D eigenvalue weighted by atomic mass is 16.5. The second kappa shape index (κ2) is 4.34. The van der Waals surface area contributed by atoms with Crippen molar-refractivity contribution in [2.75, 3.05) is 13.2 Å². The quantitative estimate of drug-likeness (QED) is 0.625. The predicted octanol–water partition coefficient (Wildman–Crippen LogP) is 1.28. The average Bonchev–Trinajstić information content (AvgIpc) is 1.84. The van der Waals surface area contributed by atoms with Crippen LogP contribution in [-0.2, 0) is 9.53 Å². The minimum Gasteiger partial charge on any atom is -0.481 e. The first kappa shape index (κ1) is 8.53. The van der Waals surface area contributed by atoms with Crippen molar-refractivity contribution in [2.45, 2.75) is 25.7 Å². The number of carboxylic acids is 1. The monoisotopic (exact) mass is 158 g/mol. The van der Waals surface area contributed by atoms with Crippen molar-refractivity contribution >= 4 is 5.97 Å². The normalized spacial score (nSPS) is 27.1. The van der Waals surface area contributed by atoms with Crippen LogP contribution in [0.5, 0.6) is 0 Å². The molecule has 64 valence electrons. The highest BCUT2D eigenvalue weighted by molar-refractivity contribution is 5.69. The van der Waals surface area contributed by atoms with Crippen LogP contribution in [0.15, 0.2) is 0 Å². The molecule has 3 heteroatoms. The third-order valence-electron chi connectivity index (χ3n) is 2.05. The first-order chi connectivity index (χ1) is 5.30. The Morgan fingerprint density at radius 3 is 2.82 bits per heavy atom. The van der Waals surface area contributed by atoms with Crippen molar-refractivity contribution in [2.24, 2.45) is 5.92 Å². The van der Waals surface area contributed by atoms with Gasteiger partial charge in [-0.05, 0) is 19.3 Å². The lowest BCUT2D eigenvalue weighted by Gasteiger charge is -2.15. The molecule has 1 rings (SSSR count). The smallest absolute Gasteiger partial charge is 0.306 e. The van der Waals surface area contributed by atoms with E-state index in [4.69, 9.17) is 9.84 Å². The molecule has 3 nitrogen and oxygen atoms in total. The maximum Gasteiger partial charge on any atom is 0.306 e. The zero-order chi connectivity index (χ0) is 8.10. The van der Waals surface area contributed by atoms with Gasteiger partial charge >= 0.3 is 5.97 Å². The molecule has 0 bridgehead atoms. The molecule has 1 fully saturated rings. The summed E-state index contributed by atoms with van der Waals surface area (Å²) in [6, 6.07) is 0. The van der Waals surface area contributed by atoms with Gasteiger partial charge in [-0.1, -0.05) is 6.42 Å². The van der Waals surface area contributed by atoms with Crippen LogP contribution in [0.1, 0.15) is 25.7 Å². The van der Waals surface area contributed by atoms with Gasteiger partial charge in [0.1, 0.15) is 0 Å². The maximum absolute atomic E-state index is 10.6. The van der Waals surface area contributed by atoms with Crippen LogP contribution in [0.2, 0.25) is 0 Å². The summed E-state index contributed by atoms with van der Waals surface area (Å²) in [7, 11) is 0. The Bertz CT molecular complexity index is 125. The number of aliphatic carboxylic acids is 1. The van der Waals surface area contributed by atoms with Gasteiger partial charge in [0.05, 0.1) is 5.92 Å². The number of carbonyl (C=O) groups is 1. The number of hydrogen-bond donors (Lipinski definition) is 1. The molecular formula is C8H14O3. The van der Waals surface area contributed by atoms with E-state index in [1.807, 2.05) is 0 Å². The molecular weight excluding hydrogens is 144 g/mol. The summed E-state index contributed by atoms with van der Waals surface area (Å²) in [5, 5.41) is 8.70. The van der Waals surface area contributed by atoms with Crippen LogP contribution in [0.25, 0.3) is 0 Å². The molecule has 0 spiro atoms. The third-order valence-corrected chi connectivity index (χ3v) is 2.05. The van der Waals surface area contributed by atoms with Gasteiger partial charge in [0.2, 0.25) is 0 Å². The second-order valence-electron chi connectivity index (χ2n) is 2.93. The average molecular weight is 158 g/mol. The molecule has 11 heavy (non-hydrogen) atoms. The zero-order valence-corrected chi connectivity index (χ0v) is 6.58. The van der Waals surface area contributed by atoms with Crippen molar-refractivity contribution in [3.63, 3.8) is 0 Å². The molecule has 1 aliphatic rings. The van der Waals surface area contributed by atoms with E-state index in [9.17, 15) is 4.79 Å². The molecule has 0 amide bonds. The Kier molecular flexibility index (Phi) is 3.36. The number of hydrogen-bond acceptors (Lipinski definition) is 2. The summed E-state index contributed by atoms with van der Waals surface area (Å²) in [5.41, 5.74) is 0. The van der Waals surface area contributed by atoms with Crippen molar-refractivity contribution < 1.29 is 14.6 Å². The molecule has 1 heterocycles. The molecule has 1 aliphatic heterocycles. The van der Waals surface area contributed by atoms with Crippen LogP contribution < -0.4 is 0 Å². The molecule has 0 aliphatic carbocycles. The fourth-order valence-electron chi connectivity index (χ4n) is 1.31. The maximum atomic E-state index is 10.6. The van der Waals surface area contributed by atoms with Gasteiger partial charge in [-0.15, -0.1) is 0 Å².